The van der Waals surface area contributed by atoms with Gasteiger partial charge in [0.2, 0.25) is 6.54 Å². The van der Waals surface area contributed by atoms with Gasteiger partial charge in [0.15, 0.2) is 11.6 Å². The number of rotatable bonds is 7. The summed E-state index contributed by atoms with van der Waals surface area (Å²) in [7, 11) is 2.05. The minimum absolute atomic E-state index is 0.0320. The summed E-state index contributed by atoms with van der Waals surface area (Å²) >= 11 is 6.37. The molecule has 2 saturated heterocycles. The van der Waals surface area contributed by atoms with Crippen molar-refractivity contribution in [1.29, 1.82) is 0 Å². The molecular weight excluding hydrogens is 619 g/mol. The van der Waals surface area contributed by atoms with Gasteiger partial charge in [0, 0.05) is 49.4 Å². The minimum atomic E-state index is -1.10. The van der Waals surface area contributed by atoms with Crippen LogP contribution in [0, 0.1) is 30.0 Å². The first-order valence-electron chi connectivity index (χ1n) is 15.0. The van der Waals surface area contributed by atoms with Crippen LogP contribution in [-0.4, -0.2) is 89.1 Å². The van der Waals surface area contributed by atoms with Crippen LogP contribution in [0.2, 0.25) is 5.02 Å². The number of hydrogen-bond donors (Lipinski definition) is 0. The Morgan fingerprint density at radius 1 is 1.20 bits per heavy atom. The summed E-state index contributed by atoms with van der Waals surface area (Å²) in [5.74, 6) is -1.86. The number of amides is 1. The van der Waals surface area contributed by atoms with Crippen molar-refractivity contribution in [3.8, 4) is 17.3 Å². The third kappa shape index (κ3) is 5.17. The fourth-order valence-electron chi connectivity index (χ4n) is 6.95. The molecule has 2 aromatic heterocycles. The Hall–Kier alpha value is -4.47. The number of carbonyl (C=O) groups is 1. The van der Waals surface area contributed by atoms with E-state index in [1.54, 1.807) is 29.2 Å². The van der Waals surface area contributed by atoms with Gasteiger partial charge in [-0.1, -0.05) is 42.4 Å². The summed E-state index contributed by atoms with van der Waals surface area (Å²) in [6.45, 7) is 12.2. The number of likely N-dealkylation sites (tertiary alicyclic amines) is 1. The number of likely N-dealkylation sites (N-methyl/N-ethyl adjacent to an activating group) is 1. The molecule has 236 valence electrons. The van der Waals surface area contributed by atoms with Gasteiger partial charge in [-0.25, -0.2) is 19.7 Å². The average molecular weight is 648 g/mol. The van der Waals surface area contributed by atoms with Crippen LogP contribution in [-0.2, 0) is 4.79 Å². The molecular formula is C33H29ClF3N7O2. The van der Waals surface area contributed by atoms with Crippen molar-refractivity contribution in [2.75, 3.05) is 51.3 Å². The molecule has 46 heavy (non-hydrogen) atoms. The predicted octanol–water partition coefficient (Wildman–Crippen LogP) is 5.53. The van der Waals surface area contributed by atoms with Gasteiger partial charge in [-0.15, -0.1) is 0 Å². The lowest BCUT2D eigenvalue weighted by Gasteiger charge is -2.39. The number of carbonyl (C=O) groups excluding carboxylic acids is 1. The zero-order valence-electron chi connectivity index (χ0n) is 24.9. The quantitative estimate of drug-likeness (QED) is 0.193. The van der Waals surface area contributed by atoms with Crippen LogP contribution in [0.3, 0.4) is 0 Å². The van der Waals surface area contributed by atoms with Gasteiger partial charge in [0.05, 0.1) is 10.4 Å². The lowest BCUT2D eigenvalue weighted by molar-refractivity contribution is -0.131. The van der Waals surface area contributed by atoms with E-state index in [0.717, 1.165) is 13.0 Å². The molecule has 7 rings (SSSR count). The monoisotopic (exact) mass is 647 g/mol. The van der Waals surface area contributed by atoms with Crippen molar-refractivity contribution in [3.63, 3.8) is 0 Å². The van der Waals surface area contributed by atoms with Crippen molar-refractivity contribution < 1.29 is 22.7 Å². The second kappa shape index (κ2) is 11.7. The van der Waals surface area contributed by atoms with Crippen molar-refractivity contribution in [1.82, 2.24) is 24.8 Å². The molecule has 4 atom stereocenters. The maximum Gasteiger partial charge on any atom is 0.319 e. The minimum Gasteiger partial charge on any atom is -0.462 e. The van der Waals surface area contributed by atoms with Gasteiger partial charge in [-0.05, 0) is 36.8 Å². The highest BCUT2D eigenvalue weighted by Crippen LogP contribution is 2.49. The fraction of sp³-hybridized carbons (Fsp3) is 0.364. The van der Waals surface area contributed by atoms with Crippen molar-refractivity contribution in [3.05, 3.63) is 77.0 Å². The van der Waals surface area contributed by atoms with E-state index in [0.29, 0.717) is 40.6 Å². The zero-order chi connectivity index (χ0) is 32.3. The first-order chi connectivity index (χ1) is 22.2. The van der Waals surface area contributed by atoms with E-state index in [2.05, 4.69) is 26.3 Å². The normalized spacial score (nSPS) is 22.6. The number of aromatic nitrogens is 3. The van der Waals surface area contributed by atoms with Gasteiger partial charge >= 0.3 is 6.01 Å². The number of pyridine rings is 1. The molecule has 0 spiro atoms. The van der Waals surface area contributed by atoms with Crippen molar-refractivity contribution in [2.45, 2.75) is 18.5 Å². The number of halogens is 4. The standard InChI is InChI=1S/C33H29ClF3N7O2/c1-17(35)32(45)44-10-9-43(15-20(44)12-38-2)31-23-13-39-29(21-6-4-5-18-7-8-24(36)27(34)26(18)21)28(37)30(23)40-33(41-31)46-16-25-22-11-19(22)14-42(25)3/h4-8,13,19-20,22,25H,1,9-12,14-16H2,3H3/t19-,20-,22-,25+/m0/s1. The zero-order valence-corrected chi connectivity index (χ0v) is 25.6. The van der Waals surface area contributed by atoms with Crippen LogP contribution < -0.4 is 9.64 Å². The molecule has 4 heterocycles. The number of fused-ring (bicyclic) bond motifs is 3. The smallest absolute Gasteiger partial charge is 0.319 e. The molecule has 9 nitrogen and oxygen atoms in total. The van der Waals surface area contributed by atoms with Crippen LogP contribution in [0.4, 0.5) is 19.0 Å². The van der Waals surface area contributed by atoms with E-state index in [9.17, 15) is 13.6 Å². The van der Waals surface area contributed by atoms with E-state index in [4.69, 9.17) is 27.9 Å². The van der Waals surface area contributed by atoms with E-state index >= 15 is 4.39 Å². The van der Waals surface area contributed by atoms with E-state index in [1.807, 2.05) is 7.05 Å². The van der Waals surface area contributed by atoms with Crippen molar-refractivity contribution >= 4 is 45.0 Å². The van der Waals surface area contributed by atoms with Crippen LogP contribution in [0.1, 0.15) is 6.42 Å². The van der Waals surface area contributed by atoms with Gasteiger partial charge in [0.1, 0.15) is 35.5 Å². The molecule has 2 aliphatic heterocycles. The molecule has 4 aromatic rings. The van der Waals surface area contributed by atoms with E-state index in [1.165, 1.54) is 17.2 Å². The molecule has 2 aromatic carbocycles. The number of anilines is 1. The average Bonchev–Trinajstić information content (AvgIpc) is 3.73. The van der Waals surface area contributed by atoms with Crippen LogP contribution in [0.5, 0.6) is 6.01 Å². The Labute approximate surface area is 268 Å². The third-order valence-corrected chi connectivity index (χ3v) is 9.72. The number of nitrogens with zero attached hydrogens (tertiary/aromatic N) is 7. The van der Waals surface area contributed by atoms with Crippen LogP contribution in [0.25, 0.3) is 37.8 Å². The molecule has 13 heteroatoms. The van der Waals surface area contributed by atoms with E-state index in [-0.39, 0.29) is 59.9 Å². The van der Waals surface area contributed by atoms with E-state index < -0.39 is 29.4 Å². The van der Waals surface area contributed by atoms with Crippen LogP contribution >= 0.6 is 11.6 Å². The Morgan fingerprint density at radius 3 is 2.76 bits per heavy atom. The molecule has 0 bridgehead atoms. The number of ether oxygens (including phenoxy) is 1. The highest BCUT2D eigenvalue weighted by Gasteiger charge is 2.51. The SMILES string of the molecule is [C-]#[N+]C[C@H]1CN(c2nc(OC[C@@H]3[C@H]4C[C@H]4CN3C)nc3c(F)c(-c4cccc5ccc(F)c(Cl)c45)ncc23)CCN1C(=O)C(=C)F. The number of piperidine rings is 1. The maximum atomic E-state index is 16.7. The summed E-state index contributed by atoms with van der Waals surface area (Å²) < 4.78 is 51.1. The van der Waals surface area contributed by atoms with Gasteiger partial charge in [-0.2, -0.15) is 9.97 Å². The maximum absolute atomic E-state index is 16.7. The molecule has 0 radical (unpaired) electrons. The summed E-state index contributed by atoms with van der Waals surface area (Å²) in [5.41, 5.74) is 0.170. The number of hydrogen-bond acceptors (Lipinski definition) is 7. The third-order valence-electron chi connectivity index (χ3n) is 9.35. The Bertz CT molecular complexity index is 1950. The number of benzene rings is 2. The van der Waals surface area contributed by atoms with Crippen molar-refractivity contribution in [2.24, 2.45) is 11.8 Å². The molecule has 1 aliphatic carbocycles. The Balaban J connectivity index is 1.33. The van der Waals surface area contributed by atoms with Crippen LogP contribution in [0.15, 0.2) is 48.9 Å². The molecule has 0 N–H and O–H groups in total. The second-order valence-corrected chi connectivity index (χ2v) is 12.5. The molecule has 1 amide bonds. The van der Waals surface area contributed by atoms with Gasteiger partial charge < -0.3 is 19.4 Å². The molecule has 3 aliphatic rings. The predicted molar refractivity (Wildman–Crippen MR) is 168 cm³/mol. The highest BCUT2D eigenvalue weighted by atomic mass is 35.5. The second-order valence-electron chi connectivity index (χ2n) is 12.1. The molecule has 1 saturated carbocycles. The topological polar surface area (TPSA) is 79.1 Å². The summed E-state index contributed by atoms with van der Waals surface area (Å²) in [6, 6.07) is 7.40. The summed E-state index contributed by atoms with van der Waals surface area (Å²) in [6.07, 6.45) is 2.60. The summed E-state index contributed by atoms with van der Waals surface area (Å²) in [4.78, 5) is 35.0. The lowest BCUT2D eigenvalue weighted by atomic mass is 10.0. The fourth-order valence-corrected chi connectivity index (χ4v) is 7.22. The first kappa shape index (κ1) is 30.2. The van der Waals surface area contributed by atoms with Gasteiger partial charge in [-0.3, -0.25) is 14.7 Å². The summed E-state index contributed by atoms with van der Waals surface area (Å²) in [5, 5.41) is 1.07. The lowest BCUT2D eigenvalue weighted by Crippen LogP contribution is -2.56. The molecule has 3 fully saturated rings. The number of piperazine rings is 1. The molecule has 0 unspecified atom stereocenters. The highest BCUT2D eigenvalue weighted by molar-refractivity contribution is 6.36. The largest absolute Gasteiger partial charge is 0.462 e. The first-order valence-corrected chi connectivity index (χ1v) is 15.3. The Kier molecular flexibility index (Phi) is 7.69. The van der Waals surface area contributed by atoms with Gasteiger partial charge in [0.25, 0.3) is 5.91 Å². The Morgan fingerprint density at radius 2 is 2.02 bits per heavy atom.